The smallest absolute Gasteiger partial charge is 0.152 e. The Morgan fingerprint density at radius 1 is 1.50 bits per heavy atom. The number of rotatable bonds is 2. The highest BCUT2D eigenvalue weighted by Crippen LogP contribution is 2.14. The highest BCUT2D eigenvalue weighted by atomic mass is 16.3. The van der Waals surface area contributed by atoms with Crippen LogP contribution in [-0.2, 0) is 6.42 Å². The molecule has 0 aliphatic heterocycles. The van der Waals surface area contributed by atoms with Gasteiger partial charge < -0.3 is 10.2 Å². The number of furan rings is 1. The normalized spacial score (nSPS) is 10.8. The summed E-state index contributed by atoms with van der Waals surface area (Å²) in [6.45, 7) is 0.635. The summed E-state index contributed by atoms with van der Waals surface area (Å²) in [5.74, 6) is 0. The van der Waals surface area contributed by atoms with Gasteiger partial charge in [0.15, 0.2) is 5.58 Å². The van der Waals surface area contributed by atoms with Crippen molar-refractivity contribution >= 4 is 11.0 Å². The highest BCUT2D eigenvalue weighted by molar-refractivity contribution is 5.76. The van der Waals surface area contributed by atoms with E-state index in [0.717, 1.165) is 23.1 Å². The van der Waals surface area contributed by atoms with Gasteiger partial charge in [0.05, 0.1) is 12.5 Å². The number of nitrogens with zero attached hydrogens (tertiary/aromatic N) is 1. The van der Waals surface area contributed by atoms with Crippen molar-refractivity contribution in [3.05, 3.63) is 30.3 Å². The Balaban J connectivity index is 2.46. The van der Waals surface area contributed by atoms with E-state index in [-0.39, 0.29) is 0 Å². The molecule has 3 heteroatoms. The number of hydrogen-bond acceptors (Lipinski definition) is 3. The van der Waals surface area contributed by atoms with E-state index < -0.39 is 0 Å². The summed E-state index contributed by atoms with van der Waals surface area (Å²) in [7, 11) is 0. The molecular weight excluding hydrogens is 152 g/mol. The fourth-order valence-electron chi connectivity index (χ4n) is 1.20. The maximum atomic E-state index is 5.42. The highest BCUT2D eigenvalue weighted by Gasteiger charge is 1.98. The van der Waals surface area contributed by atoms with Gasteiger partial charge in [-0.05, 0) is 18.7 Å². The van der Waals surface area contributed by atoms with Gasteiger partial charge in [-0.3, -0.25) is 4.98 Å². The standard InChI is InChI=1S/C9H10N2O/c10-3-1-8-5-7-2-4-12-9(7)6-11-8/h2,4-6H,1,3,10H2. The summed E-state index contributed by atoms with van der Waals surface area (Å²) >= 11 is 0. The van der Waals surface area contributed by atoms with E-state index in [0.29, 0.717) is 6.54 Å². The van der Waals surface area contributed by atoms with Crippen LogP contribution in [0.1, 0.15) is 5.69 Å². The van der Waals surface area contributed by atoms with Crippen LogP contribution in [0.4, 0.5) is 0 Å². The Morgan fingerprint density at radius 2 is 2.42 bits per heavy atom. The molecular formula is C9H10N2O. The Kier molecular flexibility index (Phi) is 1.80. The van der Waals surface area contributed by atoms with Crippen molar-refractivity contribution in [1.82, 2.24) is 4.98 Å². The van der Waals surface area contributed by atoms with Gasteiger partial charge in [-0.25, -0.2) is 0 Å². The van der Waals surface area contributed by atoms with Crippen LogP contribution in [0.15, 0.2) is 29.0 Å². The summed E-state index contributed by atoms with van der Waals surface area (Å²) < 4.78 is 5.16. The largest absolute Gasteiger partial charge is 0.463 e. The van der Waals surface area contributed by atoms with Crippen LogP contribution in [-0.4, -0.2) is 11.5 Å². The van der Waals surface area contributed by atoms with Gasteiger partial charge in [0.2, 0.25) is 0 Å². The minimum atomic E-state index is 0.635. The van der Waals surface area contributed by atoms with E-state index in [1.807, 2.05) is 12.1 Å². The molecule has 0 aromatic carbocycles. The van der Waals surface area contributed by atoms with Crippen molar-refractivity contribution < 1.29 is 4.42 Å². The van der Waals surface area contributed by atoms with E-state index in [1.54, 1.807) is 12.5 Å². The van der Waals surface area contributed by atoms with E-state index in [2.05, 4.69) is 4.98 Å². The van der Waals surface area contributed by atoms with Crippen LogP contribution in [0.2, 0.25) is 0 Å². The lowest BCUT2D eigenvalue weighted by Gasteiger charge is -1.95. The first-order valence-electron chi connectivity index (χ1n) is 3.92. The molecule has 12 heavy (non-hydrogen) atoms. The zero-order valence-corrected chi connectivity index (χ0v) is 6.66. The first-order valence-corrected chi connectivity index (χ1v) is 3.92. The molecule has 2 aromatic heterocycles. The second kappa shape index (κ2) is 2.95. The molecule has 0 bridgehead atoms. The number of aromatic nitrogens is 1. The third-order valence-corrected chi connectivity index (χ3v) is 1.80. The SMILES string of the molecule is NCCc1cc2ccoc2cn1. The van der Waals surface area contributed by atoms with Gasteiger partial charge >= 0.3 is 0 Å². The minimum Gasteiger partial charge on any atom is -0.463 e. The molecule has 2 N–H and O–H groups in total. The maximum Gasteiger partial charge on any atom is 0.152 e. The minimum absolute atomic E-state index is 0.635. The molecule has 3 nitrogen and oxygen atoms in total. The van der Waals surface area contributed by atoms with E-state index in [4.69, 9.17) is 10.2 Å². The van der Waals surface area contributed by atoms with Gasteiger partial charge in [0, 0.05) is 17.5 Å². The Hall–Kier alpha value is -1.35. The molecule has 2 heterocycles. The van der Waals surface area contributed by atoms with Gasteiger partial charge in [0.25, 0.3) is 0 Å². The van der Waals surface area contributed by atoms with Crippen molar-refractivity contribution in [2.75, 3.05) is 6.54 Å². The lowest BCUT2D eigenvalue weighted by molar-refractivity contribution is 0.614. The first-order chi connectivity index (χ1) is 5.90. The predicted octanol–water partition coefficient (Wildman–Crippen LogP) is 1.33. The molecule has 0 atom stereocenters. The molecule has 0 saturated heterocycles. The van der Waals surface area contributed by atoms with Gasteiger partial charge in [-0.2, -0.15) is 0 Å². The lowest BCUT2D eigenvalue weighted by atomic mass is 10.2. The molecule has 0 aliphatic carbocycles. The number of hydrogen-bond donors (Lipinski definition) is 1. The average Bonchev–Trinajstić information content (AvgIpc) is 2.51. The maximum absolute atomic E-state index is 5.42. The molecule has 2 aromatic rings. The summed E-state index contributed by atoms with van der Waals surface area (Å²) in [4.78, 5) is 4.20. The molecule has 0 unspecified atom stereocenters. The second-order valence-electron chi connectivity index (χ2n) is 2.67. The van der Waals surface area contributed by atoms with Crippen LogP contribution in [0.5, 0.6) is 0 Å². The summed E-state index contributed by atoms with van der Waals surface area (Å²) in [5.41, 5.74) is 7.27. The van der Waals surface area contributed by atoms with Crippen LogP contribution in [0, 0.1) is 0 Å². The lowest BCUT2D eigenvalue weighted by Crippen LogP contribution is -2.03. The van der Waals surface area contributed by atoms with Crippen LogP contribution in [0.3, 0.4) is 0 Å². The predicted molar refractivity (Wildman–Crippen MR) is 46.8 cm³/mol. The molecule has 0 spiro atoms. The molecule has 0 saturated carbocycles. The quantitative estimate of drug-likeness (QED) is 0.724. The van der Waals surface area contributed by atoms with Gasteiger partial charge in [-0.15, -0.1) is 0 Å². The molecule has 62 valence electrons. The molecule has 0 fully saturated rings. The van der Waals surface area contributed by atoms with Crippen LogP contribution in [0.25, 0.3) is 11.0 Å². The monoisotopic (exact) mass is 162 g/mol. The van der Waals surface area contributed by atoms with Crippen LogP contribution >= 0.6 is 0 Å². The van der Waals surface area contributed by atoms with Gasteiger partial charge in [-0.1, -0.05) is 0 Å². The van der Waals surface area contributed by atoms with Crippen molar-refractivity contribution in [1.29, 1.82) is 0 Å². The third-order valence-electron chi connectivity index (χ3n) is 1.80. The van der Waals surface area contributed by atoms with E-state index >= 15 is 0 Å². The summed E-state index contributed by atoms with van der Waals surface area (Å²) in [6, 6.07) is 3.93. The Bertz CT molecular complexity index is 381. The zero-order valence-electron chi connectivity index (χ0n) is 6.66. The van der Waals surface area contributed by atoms with Crippen LogP contribution < -0.4 is 5.73 Å². The molecule has 0 radical (unpaired) electrons. The van der Waals surface area contributed by atoms with Gasteiger partial charge in [0.1, 0.15) is 0 Å². The molecule has 0 amide bonds. The third kappa shape index (κ3) is 1.19. The summed E-state index contributed by atoms with van der Waals surface area (Å²) in [6.07, 6.45) is 4.22. The van der Waals surface area contributed by atoms with Crippen molar-refractivity contribution in [2.45, 2.75) is 6.42 Å². The topological polar surface area (TPSA) is 52.0 Å². The Morgan fingerprint density at radius 3 is 3.25 bits per heavy atom. The number of nitrogens with two attached hydrogens (primary N) is 1. The molecule has 2 rings (SSSR count). The summed E-state index contributed by atoms with van der Waals surface area (Å²) in [5, 5.41) is 1.09. The zero-order chi connectivity index (χ0) is 8.39. The molecule has 0 aliphatic rings. The van der Waals surface area contributed by atoms with E-state index in [9.17, 15) is 0 Å². The van der Waals surface area contributed by atoms with Crippen molar-refractivity contribution in [3.63, 3.8) is 0 Å². The fraction of sp³-hybridized carbons (Fsp3) is 0.222. The fourth-order valence-corrected chi connectivity index (χ4v) is 1.20. The Labute approximate surface area is 70.2 Å². The van der Waals surface area contributed by atoms with Crippen molar-refractivity contribution in [3.8, 4) is 0 Å². The second-order valence-corrected chi connectivity index (χ2v) is 2.67. The average molecular weight is 162 g/mol. The van der Waals surface area contributed by atoms with Crippen molar-refractivity contribution in [2.24, 2.45) is 5.73 Å². The number of fused-ring (bicyclic) bond motifs is 1. The van der Waals surface area contributed by atoms with E-state index in [1.165, 1.54) is 0 Å². The first kappa shape index (κ1) is 7.31. The number of pyridine rings is 1.